The Morgan fingerprint density at radius 1 is 1.18 bits per heavy atom. The number of aromatic amines is 1. The lowest BCUT2D eigenvalue weighted by Gasteiger charge is -2.04. The molecule has 0 radical (unpaired) electrons. The summed E-state index contributed by atoms with van der Waals surface area (Å²) in [6.45, 7) is 0. The lowest BCUT2D eigenvalue weighted by atomic mass is 10.4. The first-order valence-corrected chi connectivity index (χ1v) is 5.85. The molecule has 0 spiro atoms. The Balaban J connectivity index is 1.91. The van der Waals surface area contributed by atoms with Gasteiger partial charge >= 0.3 is 0 Å². The van der Waals surface area contributed by atoms with Gasteiger partial charge in [0.1, 0.15) is 5.69 Å². The molecule has 2 aromatic heterocycles. The van der Waals surface area contributed by atoms with Crippen molar-refractivity contribution in [1.82, 2.24) is 15.8 Å². The second-order valence-corrected chi connectivity index (χ2v) is 4.81. The van der Waals surface area contributed by atoms with Gasteiger partial charge in [-0.3, -0.25) is 20.4 Å². The first kappa shape index (κ1) is 11.7. The molecule has 88 valence electrons. The van der Waals surface area contributed by atoms with Crippen molar-refractivity contribution in [1.29, 1.82) is 0 Å². The van der Waals surface area contributed by atoms with E-state index in [0.717, 1.165) is 11.3 Å². The standard InChI is InChI=1S/C10H8ClN3O2S/c11-8-4-3-7(17-8)10(16)14-13-9(15)6-2-1-5-12-6/h1-5,12H,(H,13,15)(H,14,16). The second kappa shape index (κ2) is 5.03. The number of nitrogens with one attached hydrogen (secondary N) is 3. The van der Waals surface area contributed by atoms with Gasteiger partial charge in [0.05, 0.1) is 9.21 Å². The van der Waals surface area contributed by atoms with Gasteiger partial charge in [0.25, 0.3) is 11.8 Å². The Bertz CT molecular complexity index is 536. The fourth-order valence-electron chi connectivity index (χ4n) is 1.15. The molecule has 2 heterocycles. The van der Waals surface area contributed by atoms with Gasteiger partial charge in [-0.1, -0.05) is 11.6 Å². The summed E-state index contributed by atoms with van der Waals surface area (Å²) in [5.74, 6) is -0.812. The maximum atomic E-state index is 11.5. The molecule has 0 unspecified atom stereocenters. The fourth-order valence-corrected chi connectivity index (χ4v) is 2.09. The van der Waals surface area contributed by atoms with E-state index in [9.17, 15) is 9.59 Å². The third-order valence-electron chi connectivity index (χ3n) is 1.93. The first-order valence-electron chi connectivity index (χ1n) is 4.66. The number of rotatable bonds is 2. The molecule has 0 saturated carbocycles. The minimum atomic E-state index is -0.411. The molecule has 0 bridgehead atoms. The van der Waals surface area contributed by atoms with Gasteiger partial charge in [0, 0.05) is 6.20 Å². The summed E-state index contributed by atoms with van der Waals surface area (Å²) in [4.78, 5) is 26.2. The van der Waals surface area contributed by atoms with Crippen molar-refractivity contribution >= 4 is 34.8 Å². The molecule has 5 nitrogen and oxygen atoms in total. The number of carbonyl (C=O) groups is 2. The largest absolute Gasteiger partial charge is 0.357 e. The maximum Gasteiger partial charge on any atom is 0.286 e. The number of carbonyl (C=O) groups excluding carboxylic acids is 2. The molecule has 7 heteroatoms. The monoisotopic (exact) mass is 269 g/mol. The molecule has 3 N–H and O–H groups in total. The van der Waals surface area contributed by atoms with Crippen molar-refractivity contribution in [3.05, 3.63) is 45.4 Å². The molecule has 0 aromatic carbocycles. The topological polar surface area (TPSA) is 74.0 Å². The molecule has 0 saturated heterocycles. The third-order valence-corrected chi connectivity index (χ3v) is 3.16. The Morgan fingerprint density at radius 3 is 2.53 bits per heavy atom. The van der Waals surface area contributed by atoms with Crippen LogP contribution in [0.15, 0.2) is 30.5 Å². The van der Waals surface area contributed by atoms with Crippen LogP contribution in [0.5, 0.6) is 0 Å². The number of halogens is 1. The van der Waals surface area contributed by atoms with Crippen LogP contribution < -0.4 is 10.9 Å². The highest BCUT2D eigenvalue weighted by Crippen LogP contribution is 2.20. The van der Waals surface area contributed by atoms with Crippen molar-refractivity contribution in [3.63, 3.8) is 0 Å². The molecular formula is C10H8ClN3O2S. The normalized spacial score (nSPS) is 9.94. The van der Waals surface area contributed by atoms with E-state index in [-0.39, 0.29) is 0 Å². The summed E-state index contributed by atoms with van der Waals surface area (Å²) >= 11 is 6.83. The molecule has 17 heavy (non-hydrogen) atoms. The van der Waals surface area contributed by atoms with Crippen molar-refractivity contribution in [2.75, 3.05) is 0 Å². The van der Waals surface area contributed by atoms with E-state index in [0.29, 0.717) is 14.9 Å². The summed E-state index contributed by atoms with van der Waals surface area (Å²) in [7, 11) is 0. The van der Waals surface area contributed by atoms with E-state index < -0.39 is 11.8 Å². The number of H-pyrrole nitrogens is 1. The van der Waals surface area contributed by atoms with Gasteiger partial charge in [-0.2, -0.15) is 0 Å². The van der Waals surface area contributed by atoms with Crippen LogP contribution in [-0.4, -0.2) is 16.8 Å². The minimum absolute atomic E-state index is 0.370. The van der Waals surface area contributed by atoms with Crippen LogP contribution in [0.1, 0.15) is 20.2 Å². The zero-order valence-corrected chi connectivity index (χ0v) is 10.1. The van der Waals surface area contributed by atoms with Gasteiger partial charge in [0.15, 0.2) is 0 Å². The lowest BCUT2D eigenvalue weighted by molar-refractivity contribution is 0.0846. The average molecular weight is 270 g/mol. The van der Waals surface area contributed by atoms with Crippen LogP contribution in [0.3, 0.4) is 0 Å². The molecule has 2 aromatic rings. The first-order chi connectivity index (χ1) is 8.16. The van der Waals surface area contributed by atoms with Crippen LogP contribution in [-0.2, 0) is 0 Å². The number of hydrogen-bond donors (Lipinski definition) is 3. The summed E-state index contributed by atoms with van der Waals surface area (Å²) in [5.41, 5.74) is 4.95. The Kier molecular flexibility index (Phi) is 3.46. The number of hydrogen-bond acceptors (Lipinski definition) is 3. The quantitative estimate of drug-likeness (QED) is 0.728. The van der Waals surface area contributed by atoms with E-state index in [1.165, 1.54) is 0 Å². The molecule has 2 amide bonds. The maximum absolute atomic E-state index is 11.5. The second-order valence-electron chi connectivity index (χ2n) is 3.10. The van der Waals surface area contributed by atoms with Crippen LogP contribution in [0, 0.1) is 0 Å². The molecule has 2 rings (SSSR count). The van der Waals surface area contributed by atoms with Gasteiger partial charge in [0.2, 0.25) is 0 Å². The summed E-state index contributed by atoms with van der Waals surface area (Å²) < 4.78 is 0.519. The SMILES string of the molecule is O=C(NNC(=O)c1ccc(Cl)s1)c1ccc[nH]1. The smallest absolute Gasteiger partial charge is 0.286 e. The highest BCUT2D eigenvalue weighted by molar-refractivity contribution is 7.17. The lowest BCUT2D eigenvalue weighted by Crippen LogP contribution is -2.41. The molecule has 0 aliphatic carbocycles. The van der Waals surface area contributed by atoms with Gasteiger partial charge in [-0.25, -0.2) is 0 Å². The zero-order valence-electron chi connectivity index (χ0n) is 8.49. The van der Waals surface area contributed by atoms with E-state index in [2.05, 4.69) is 15.8 Å². The minimum Gasteiger partial charge on any atom is -0.357 e. The van der Waals surface area contributed by atoms with Crippen molar-refractivity contribution in [2.45, 2.75) is 0 Å². The predicted molar refractivity (Wildman–Crippen MR) is 65.1 cm³/mol. The predicted octanol–water partition coefficient (Wildman–Crippen LogP) is 1.80. The summed E-state index contributed by atoms with van der Waals surface area (Å²) in [6.07, 6.45) is 1.62. The summed E-state index contributed by atoms with van der Waals surface area (Å²) in [6, 6.07) is 6.50. The number of aromatic nitrogens is 1. The van der Waals surface area contributed by atoms with Crippen molar-refractivity contribution in [3.8, 4) is 0 Å². The van der Waals surface area contributed by atoms with E-state index >= 15 is 0 Å². The van der Waals surface area contributed by atoms with E-state index in [4.69, 9.17) is 11.6 Å². The highest BCUT2D eigenvalue weighted by Gasteiger charge is 2.10. The van der Waals surface area contributed by atoms with E-state index in [1.54, 1.807) is 30.5 Å². The van der Waals surface area contributed by atoms with Crippen LogP contribution in [0.4, 0.5) is 0 Å². The van der Waals surface area contributed by atoms with Crippen LogP contribution in [0.25, 0.3) is 0 Å². The molecular weight excluding hydrogens is 262 g/mol. The van der Waals surface area contributed by atoms with Crippen molar-refractivity contribution in [2.24, 2.45) is 0 Å². The van der Waals surface area contributed by atoms with Crippen LogP contribution >= 0.6 is 22.9 Å². The van der Waals surface area contributed by atoms with Gasteiger partial charge in [-0.05, 0) is 24.3 Å². The average Bonchev–Trinajstić information content (AvgIpc) is 2.95. The zero-order chi connectivity index (χ0) is 12.3. The summed E-state index contributed by atoms with van der Waals surface area (Å²) in [5, 5.41) is 0. The Morgan fingerprint density at radius 2 is 1.94 bits per heavy atom. The molecule has 0 fully saturated rings. The van der Waals surface area contributed by atoms with Gasteiger partial charge < -0.3 is 4.98 Å². The Labute approximate surface area is 106 Å². The highest BCUT2D eigenvalue weighted by atomic mass is 35.5. The molecule has 0 aliphatic rings. The van der Waals surface area contributed by atoms with Gasteiger partial charge in [-0.15, -0.1) is 11.3 Å². The molecule has 0 aliphatic heterocycles. The number of amides is 2. The van der Waals surface area contributed by atoms with Crippen molar-refractivity contribution < 1.29 is 9.59 Å². The number of hydrazine groups is 1. The van der Waals surface area contributed by atoms with Crippen LogP contribution in [0.2, 0.25) is 4.34 Å². The molecule has 0 atom stereocenters. The fraction of sp³-hybridized carbons (Fsp3) is 0. The number of thiophene rings is 1. The van der Waals surface area contributed by atoms with E-state index in [1.807, 2.05) is 0 Å². The third kappa shape index (κ3) is 2.86. The Hall–Kier alpha value is -1.79.